The number of carbonyl (C=O) groups excluding carboxylic acids is 2. The molecule has 0 radical (unpaired) electrons. The van der Waals surface area contributed by atoms with Crippen molar-refractivity contribution in [1.82, 2.24) is 9.55 Å². The zero-order valence-electron chi connectivity index (χ0n) is 15.3. The fourth-order valence-corrected chi connectivity index (χ4v) is 15.7. The summed E-state index contributed by atoms with van der Waals surface area (Å²) in [5, 5.41) is 2.00. The van der Waals surface area contributed by atoms with Crippen LogP contribution in [0.1, 0.15) is 26.7 Å². The van der Waals surface area contributed by atoms with Gasteiger partial charge in [-0.1, -0.05) is 0 Å². The van der Waals surface area contributed by atoms with Gasteiger partial charge < -0.3 is 0 Å². The Morgan fingerprint density at radius 3 is 1.79 bits per heavy atom. The fourth-order valence-electron chi connectivity index (χ4n) is 2.33. The van der Waals surface area contributed by atoms with E-state index >= 15 is 0 Å². The molecule has 0 fully saturated rings. The molecule has 0 aliphatic heterocycles. The van der Waals surface area contributed by atoms with E-state index in [-0.39, 0.29) is 17.2 Å². The van der Waals surface area contributed by atoms with E-state index in [9.17, 15) is 35.5 Å². The number of rotatable bonds is 9. The number of benzene rings is 1. The summed E-state index contributed by atoms with van der Waals surface area (Å²) in [6.07, 6.45) is -0.367. The average Bonchev–Trinajstić information content (AvgIpc) is 2.58. The first-order valence-electron chi connectivity index (χ1n) is 8.00. The predicted octanol–water partition coefficient (Wildman–Crippen LogP) is -0.538. The SMILES string of the molecule is CCC(=O)N[As](c1ccccc1)C(C(S)(S)NC(=O)CC)(S(=O)(=O)O)S(=O)(=O)O. The first kappa shape index (κ1) is 26.3. The number of nitrogens with one attached hydrogen (secondary N) is 2. The molecule has 0 heterocycles. The summed E-state index contributed by atoms with van der Waals surface area (Å²) >= 11 is 3.75. The van der Waals surface area contributed by atoms with E-state index in [1.807, 2.05) is 5.32 Å². The van der Waals surface area contributed by atoms with E-state index in [1.54, 1.807) is 6.07 Å². The first-order chi connectivity index (χ1) is 13.2. The number of hydrogen-bond acceptors (Lipinski definition) is 8. The van der Waals surface area contributed by atoms with Crippen LogP contribution in [-0.2, 0) is 29.8 Å². The molecule has 0 aliphatic rings. The van der Waals surface area contributed by atoms with E-state index in [4.69, 9.17) is 0 Å². The summed E-state index contributed by atoms with van der Waals surface area (Å²) in [7, 11) is -11.5. The minimum atomic E-state index is -5.75. The Hall–Kier alpha value is -0.762. The molecule has 164 valence electrons. The molecule has 10 nitrogen and oxygen atoms in total. The number of amides is 2. The Labute approximate surface area is 185 Å². The molecule has 0 bridgehead atoms. The summed E-state index contributed by atoms with van der Waals surface area (Å²) < 4.78 is 66.3. The number of carbonyl (C=O) groups is 2. The van der Waals surface area contributed by atoms with Crippen molar-refractivity contribution < 1.29 is 35.5 Å². The van der Waals surface area contributed by atoms with Crippen LogP contribution in [0.5, 0.6) is 0 Å². The van der Waals surface area contributed by atoms with Crippen LogP contribution < -0.4 is 13.9 Å². The molecular weight excluding hydrogens is 527 g/mol. The molecule has 1 unspecified atom stereocenters. The van der Waals surface area contributed by atoms with Gasteiger partial charge >= 0.3 is 186 Å². The van der Waals surface area contributed by atoms with Crippen molar-refractivity contribution in [2.24, 2.45) is 0 Å². The van der Waals surface area contributed by atoms with Crippen molar-refractivity contribution in [3.8, 4) is 0 Å². The van der Waals surface area contributed by atoms with Crippen molar-refractivity contribution >= 4 is 76.5 Å². The monoisotopic (exact) mass is 548 g/mol. The van der Waals surface area contributed by atoms with Crippen LogP contribution in [0.3, 0.4) is 0 Å². The van der Waals surface area contributed by atoms with Gasteiger partial charge in [-0.2, -0.15) is 0 Å². The first-order valence-corrected chi connectivity index (χ1v) is 14.6. The third-order valence-corrected chi connectivity index (χ3v) is 18.6. The summed E-state index contributed by atoms with van der Waals surface area (Å²) in [4.78, 5) is 24.1. The van der Waals surface area contributed by atoms with E-state index in [0.29, 0.717) is 0 Å². The zero-order valence-corrected chi connectivity index (χ0v) is 20.6. The molecule has 0 aliphatic carbocycles. The van der Waals surface area contributed by atoms with Gasteiger partial charge in [-0.05, 0) is 0 Å². The Morgan fingerprint density at radius 1 is 0.966 bits per heavy atom. The molecule has 0 saturated carbocycles. The third-order valence-electron chi connectivity index (χ3n) is 3.64. The molecule has 1 atom stereocenters. The van der Waals surface area contributed by atoms with Crippen LogP contribution in [0.4, 0.5) is 0 Å². The quantitative estimate of drug-likeness (QED) is 0.104. The van der Waals surface area contributed by atoms with Gasteiger partial charge in [-0.15, -0.1) is 0 Å². The van der Waals surface area contributed by atoms with E-state index < -0.39 is 54.0 Å². The molecule has 2 amide bonds. The molecule has 4 N–H and O–H groups in total. The van der Waals surface area contributed by atoms with Gasteiger partial charge in [-0.3, -0.25) is 0 Å². The van der Waals surface area contributed by atoms with Gasteiger partial charge in [0.05, 0.1) is 0 Å². The van der Waals surface area contributed by atoms with Gasteiger partial charge in [0.25, 0.3) is 0 Å². The summed E-state index contributed by atoms with van der Waals surface area (Å²) in [6.45, 7) is 2.82. The third kappa shape index (κ3) is 5.30. The minimum absolute atomic E-state index is 0.0234. The maximum atomic E-state index is 12.6. The van der Waals surface area contributed by atoms with Crippen LogP contribution in [0.15, 0.2) is 30.3 Å². The molecule has 1 rings (SSSR count). The Balaban J connectivity index is 4.07. The normalized spacial score (nSPS) is 14.1. The van der Waals surface area contributed by atoms with Gasteiger partial charge in [0, 0.05) is 0 Å². The Bertz CT molecular complexity index is 935. The molecule has 0 saturated heterocycles. The second-order valence-electron chi connectivity index (χ2n) is 5.67. The molecule has 1 aromatic rings. The molecule has 0 aromatic heterocycles. The van der Waals surface area contributed by atoms with Crippen LogP contribution in [0, 0.1) is 0 Å². The topological polar surface area (TPSA) is 167 Å². The van der Waals surface area contributed by atoms with Crippen LogP contribution >= 0.6 is 25.3 Å². The average molecular weight is 549 g/mol. The van der Waals surface area contributed by atoms with Crippen LogP contribution in [0.2, 0.25) is 0 Å². The summed E-state index contributed by atoms with van der Waals surface area (Å²) in [6, 6.07) is 7.07. The van der Waals surface area contributed by atoms with Crippen molar-refractivity contribution in [3.63, 3.8) is 0 Å². The zero-order chi connectivity index (χ0) is 22.7. The van der Waals surface area contributed by atoms with E-state index in [2.05, 4.69) is 29.5 Å². The van der Waals surface area contributed by atoms with Crippen LogP contribution in [0.25, 0.3) is 0 Å². The summed E-state index contributed by atoms with van der Waals surface area (Å²) in [5.41, 5.74) is 0. The molecule has 29 heavy (non-hydrogen) atoms. The van der Waals surface area contributed by atoms with Crippen molar-refractivity contribution in [1.29, 1.82) is 0 Å². The van der Waals surface area contributed by atoms with Gasteiger partial charge in [0.2, 0.25) is 0 Å². The number of thiol groups is 2. The Kier molecular flexibility index (Phi) is 8.68. The number of hydrogen-bond donors (Lipinski definition) is 6. The maximum absolute atomic E-state index is 12.6. The summed E-state index contributed by atoms with van der Waals surface area (Å²) in [5.74, 6) is -1.61. The van der Waals surface area contributed by atoms with Crippen LogP contribution in [-0.4, -0.2) is 59.7 Å². The van der Waals surface area contributed by atoms with Crippen molar-refractivity contribution in [2.75, 3.05) is 0 Å². The van der Waals surface area contributed by atoms with Gasteiger partial charge in [0.1, 0.15) is 0 Å². The fraction of sp³-hybridized carbons (Fsp3) is 0.429. The van der Waals surface area contributed by atoms with Gasteiger partial charge in [0.15, 0.2) is 0 Å². The van der Waals surface area contributed by atoms with E-state index in [1.165, 1.54) is 38.1 Å². The molecular formula is C14H21AsN2O8S4. The molecule has 1 aromatic carbocycles. The van der Waals surface area contributed by atoms with E-state index in [0.717, 1.165) is 0 Å². The molecule has 0 spiro atoms. The standard InChI is InChI=1S/C14H21AsN2O8S4/c1-3-11(18)16-14(26,27)13(28(20,21)22,29(23,24)25)15(17-12(19)4-2)10-8-6-5-7-9-10/h5-9,26-27H,3-4H2,1-2H3,(H,16,18)(H,17,19)(H,20,21,22)(H,23,24,25). The van der Waals surface area contributed by atoms with Crippen molar-refractivity contribution in [3.05, 3.63) is 30.3 Å². The second kappa shape index (κ2) is 9.58. The predicted molar refractivity (Wildman–Crippen MR) is 115 cm³/mol. The second-order valence-corrected chi connectivity index (χ2v) is 16.4. The van der Waals surface area contributed by atoms with Gasteiger partial charge in [-0.25, -0.2) is 0 Å². The Morgan fingerprint density at radius 2 is 1.41 bits per heavy atom. The van der Waals surface area contributed by atoms with Crippen molar-refractivity contribution in [2.45, 2.75) is 33.8 Å². The molecule has 15 heteroatoms.